The van der Waals surface area contributed by atoms with Gasteiger partial charge in [0.1, 0.15) is 0 Å². The molecular formula is C18H28O. The minimum Gasteiger partial charge on any atom is -0.392 e. The van der Waals surface area contributed by atoms with Crippen molar-refractivity contribution in [2.45, 2.75) is 72.3 Å². The van der Waals surface area contributed by atoms with Gasteiger partial charge in [0.05, 0.1) is 6.61 Å². The molecule has 0 saturated heterocycles. The van der Waals surface area contributed by atoms with Gasteiger partial charge in [-0.15, -0.1) is 0 Å². The monoisotopic (exact) mass is 260 g/mol. The number of hydrogen-bond donors (Lipinski definition) is 1. The van der Waals surface area contributed by atoms with Crippen LogP contribution in [-0.4, -0.2) is 5.11 Å². The molecule has 0 amide bonds. The minimum atomic E-state index is 0.183. The molecule has 0 aliphatic heterocycles. The number of aliphatic hydroxyl groups is 1. The van der Waals surface area contributed by atoms with Crippen molar-refractivity contribution in [3.05, 3.63) is 34.4 Å². The molecule has 2 rings (SSSR count). The molecule has 1 aromatic carbocycles. The molecule has 0 radical (unpaired) electrons. The van der Waals surface area contributed by atoms with Crippen LogP contribution in [0.1, 0.15) is 67.7 Å². The SMILES string of the molecule is CCC1(Cc2c(C)ccc(C)c2CO)CCCCC1. The van der Waals surface area contributed by atoms with E-state index in [0.717, 1.165) is 6.42 Å². The zero-order chi connectivity index (χ0) is 13.9. The summed E-state index contributed by atoms with van der Waals surface area (Å²) in [5, 5.41) is 9.71. The quantitative estimate of drug-likeness (QED) is 0.832. The van der Waals surface area contributed by atoms with Gasteiger partial charge in [-0.1, -0.05) is 44.7 Å². The molecule has 0 bridgehead atoms. The standard InChI is InChI=1S/C18H28O/c1-4-18(10-6-5-7-11-18)12-16-14(2)8-9-15(3)17(16)13-19/h8-9,19H,4-7,10-13H2,1-3H3. The average molecular weight is 260 g/mol. The summed E-state index contributed by atoms with van der Waals surface area (Å²) in [6.07, 6.45) is 9.32. The van der Waals surface area contributed by atoms with Crippen molar-refractivity contribution in [2.24, 2.45) is 5.41 Å². The lowest BCUT2D eigenvalue weighted by Crippen LogP contribution is -2.27. The summed E-state index contributed by atoms with van der Waals surface area (Å²) in [6, 6.07) is 4.36. The molecule has 1 heteroatoms. The lowest BCUT2D eigenvalue weighted by molar-refractivity contribution is 0.177. The van der Waals surface area contributed by atoms with Crippen molar-refractivity contribution in [1.82, 2.24) is 0 Å². The van der Waals surface area contributed by atoms with Crippen molar-refractivity contribution in [3.8, 4) is 0 Å². The molecule has 1 aliphatic rings. The fourth-order valence-electron chi connectivity index (χ4n) is 3.73. The lowest BCUT2D eigenvalue weighted by atomic mass is 9.67. The summed E-state index contributed by atoms with van der Waals surface area (Å²) in [5.41, 5.74) is 5.68. The van der Waals surface area contributed by atoms with Crippen molar-refractivity contribution in [3.63, 3.8) is 0 Å². The molecule has 1 aromatic rings. The maximum atomic E-state index is 9.71. The summed E-state index contributed by atoms with van der Waals surface area (Å²) in [6.45, 7) is 6.84. The Morgan fingerprint density at radius 3 is 2.11 bits per heavy atom. The summed E-state index contributed by atoms with van der Waals surface area (Å²) in [5.74, 6) is 0. The van der Waals surface area contributed by atoms with Crippen LogP contribution in [-0.2, 0) is 13.0 Å². The molecule has 1 saturated carbocycles. The van der Waals surface area contributed by atoms with Crippen molar-refractivity contribution < 1.29 is 5.11 Å². The van der Waals surface area contributed by atoms with E-state index in [1.54, 1.807) is 0 Å². The Morgan fingerprint density at radius 1 is 1.00 bits per heavy atom. The van der Waals surface area contributed by atoms with Gasteiger partial charge in [-0.05, 0) is 60.8 Å². The Bertz CT molecular complexity index is 428. The smallest absolute Gasteiger partial charge is 0.0687 e. The maximum Gasteiger partial charge on any atom is 0.0687 e. The second-order valence-corrected chi connectivity index (χ2v) is 6.41. The predicted octanol–water partition coefficient (Wildman–Crippen LogP) is 4.70. The van der Waals surface area contributed by atoms with Gasteiger partial charge in [0.25, 0.3) is 0 Å². The highest BCUT2D eigenvalue weighted by Gasteiger charge is 2.31. The summed E-state index contributed by atoms with van der Waals surface area (Å²) in [7, 11) is 0. The molecule has 1 aliphatic carbocycles. The second kappa shape index (κ2) is 6.09. The van der Waals surface area contributed by atoms with Crippen molar-refractivity contribution in [2.75, 3.05) is 0 Å². The molecule has 106 valence electrons. The third-order valence-electron chi connectivity index (χ3n) is 5.27. The van der Waals surface area contributed by atoms with Crippen LogP contribution < -0.4 is 0 Å². The molecule has 0 heterocycles. The van der Waals surface area contributed by atoms with Gasteiger partial charge in [0.15, 0.2) is 0 Å². The number of rotatable bonds is 4. The van der Waals surface area contributed by atoms with E-state index in [1.165, 1.54) is 60.8 Å². The highest BCUT2D eigenvalue weighted by Crippen LogP contribution is 2.43. The Labute approximate surface area is 118 Å². The van der Waals surface area contributed by atoms with E-state index >= 15 is 0 Å². The highest BCUT2D eigenvalue weighted by molar-refractivity contribution is 5.40. The summed E-state index contributed by atoms with van der Waals surface area (Å²) >= 11 is 0. The van der Waals surface area contributed by atoms with E-state index in [-0.39, 0.29) is 6.61 Å². The summed E-state index contributed by atoms with van der Waals surface area (Å²) in [4.78, 5) is 0. The molecular weight excluding hydrogens is 232 g/mol. The molecule has 19 heavy (non-hydrogen) atoms. The largest absolute Gasteiger partial charge is 0.392 e. The van der Waals surface area contributed by atoms with Crippen LogP contribution in [0, 0.1) is 19.3 Å². The van der Waals surface area contributed by atoms with Crippen LogP contribution in [0.3, 0.4) is 0 Å². The van der Waals surface area contributed by atoms with Crippen LogP contribution in [0.25, 0.3) is 0 Å². The molecule has 0 aromatic heterocycles. The molecule has 1 fully saturated rings. The number of hydrogen-bond acceptors (Lipinski definition) is 1. The van der Waals surface area contributed by atoms with Gasteiger partial charge in [0.2, 0.25) is 0 Å². The Kier molecular flexibility index (Phi) is 4.67. The van der Waals surface area contributed by atoms with E-state index in [0.29, 0.717) is 5.41 Å². The van der Waals surface area contributed by atoms with Gasteiger partial charge in [-0.3, -0.25) is 0 Å². The van der Waals surface area contributed by atoms with Crippen LogP contribution >= 0.6 is 0 Å². The Balaban J connectivity index is 2.33. The predicted molar refractivity (Wildman–Crippen MR) is 81.4 cm³/mol. The highest BCUT2D eigenvalue weighted by atomic mass is 16.3. The number of benzene rings is 1. The molecule has 1 N–H and O–H groups in total. The molecule has 0 spiro atoms. The first kappa shape index (κ1) is 14.6. The average Bonchev–Trinajstić information content (AvgIpc) is 2.44. The van der Waals surface area contributed by atoms with E-state index in [1.807, 2.05) is 0 Å². The molecule has 1 nitrogen and oxygen atoms in total. The summed E-state index contributed by atoms with van der Waals surface area (Å²) < 4.78 is 0. The van der Waals surface area contributed by atoms with Crippen LogP contribution in [0.4, 0.5) is 0 Å². The lowest BCUT2D eigenvalue weighted by Gasteiger charge is -2.38. The van der Waals surface area contributed by atoms with E-state index in [9.17, 15) is 5.11 Å². The van der Waals surface area contributed by atoms with E-state index < -0.39 is 0 Å². The van der Waals surface area contributed by atoms with Gasteiger partial charge in [0, 0.05) is 0 Å². The van der Waals surface area contributed by atoms with Gasteiger partial charge in [-0.2, -0.15) is 0 Å². The van der Waals surface area contributed by atoms with Crippen molar-refractivity contribution in [1.29, 1.82) is 0 Å². The van der Waals surface area contributed by atoms with E-state index in [4.69, 9.17) is 0 Å². The number of aliphatic hydroxyl groups excluding tert-OH is 1. The first-order valence-electron chi connectivity index (χ1n) is 7.81. The first-order valence-corrected chi connectivity index (χ1v) is 7.81. The van der Waals surface area contributed by atoms with Crippen LogP contribution in [0.15, 0.2) is 12.1 Å². The van der Waals surface area contributed by atoms with Gasteiger partial charge in [-0.25, -0.2) is 0 Å². The fourth-order valence-corrected chi connectivity index (χ4v) is 3.73. The Hall–Kier alpha value is -0.820. The Morgan fingerprint density at radius 2 is 1.58 bits per heavy atom. The van der Waals surface area contributed by atoms with Gasteiger partial charge < -0.3 is 5.11 Å². The third kappa shape index (κ3) is 3.02. The molecule has 0 atom stereocenters. The normalized spacial score (nSPS) is 18.5. The third-order valence-corrected chi connectivity index (χ3v) is 5.27. The maximum absolute atomic E-state index is 9.71. The van der Waals surface area contributed by atoms with Crippen molar-refractivity contribution >= 4 is 0 Å². The number of aryl methyl sites for hydroxylation is 2. The zero-order valence-corrected chi connectivity index (χ0v) is 12.8. The minimum absolute atomic E-state index is 0.183. The first-order chi connectivity index (χ1) is 9.12. The second-order valence-electron chi connectivity index (χ2n) is 6.41. The topological polar surface area (TPSA) is 20.2 Å². The van der Waals surface area contributed by atoms with E-state index in [2.05, 4.69) is 32.9 Å². The fraction of sp³-hybridized carbons (Fsp3) is 0.667. The molecule has 0 unspecified atom stereocenters. The zero-order valence-electron chi connectivity index (χ0n) is 12.8. The van der Waals surface area contributed by atoms with Crippen LogP contribution in [0.2, 0.25) is 0 Å². The van der Waals surface area contributed by atoms with Gasteiger partial charge >= 0.3 is 0 Å². The van der Waals surface area contributed by atoms with Crippen LogP contribution in [0.5, 0.6) is 0 Å².